The molecular formula is C13H16N2O2S. The second kappa shape index (κ2) is 5.84. The summed E-state index contributed by atoms with van der Waals surface area (Å²) < 4.78 is 10.8. The zero-order valence-electron chi connectivity index (χ0n) is 10.5. The average Bonchev–Trinajstić information content (AvgIpc) is 2.88. The van der Waals surface area contributed by atoms with Gasteiger partial charge < -0.3 is 15.2 Å². The Morgan fingerprint density at radius 3 is 2.78 bits per heavy atom. The van der Waals surface area contributed by atoms with Crippen LogP contribution in [0.4, 0.5) is 0 Å². The minimum atomic E-state index is 0.463. The van der Waals surface area contributed by atoms with Crippen molar-refractivity contribution in [1.82, 2.24) is 4.98 Å². The van der Waals surface area contributed by atoms with Gasteiger partial charge in [-0.2, -0.15) is 0 Å². The van der Waals surface area contributed by atoms with Gasteiger partial charge in [0.1, 0.15) is 5.01 Å². The van der Waals surface area contributed by atoms with Crippen molar-refractivity contribution < 1.29 is 9.47 Å². The Morgan fingerprint density at radius 1 is 1.33 bits per heavy atom. The van der Waals surface area contributed by atoms with Crippen LogP contribution < -0.4 is 15.2 Å². The average molecular weight is 264 g/mol. The van der Waals surface area contributed by atoms with Gasteiger partial charge in [0, 0.05) is 17.5 Å². The smallest absolute Gasteiger partial charge is 0.161 e. The maximum atomic E-state index is 5.56. The predicted molar refractivity (Wildman–Crippen MR) is 73.2 cm³/mol. The van der Waals surface area contributed by atoms with Crippen LogP contribution >= 0.6 is 11.3 Å². The van der Waals surface area contributed by atoms with Gasteiger partial charge in [-0.25, -0.2) is 4.98 Å². The van der Waals surface area contributed by atoms with E-state index in [9.17, 15) is 0 Å². The molecule has 0 radical (unpaired) electrons. The molecule has 2 N–H and O–H groups in total. The monoisotopic (exact) mass is 264 g/mol. The van der Waals surface area contributed by atoms with E-state index in [4.69, 9.17) is 15.2 Å². The van der Waals surface area contributed by atoms with Crippen molar-refractivity contribution in [1.29, 1.82) is 0 Å². The molecular weight excluding hydrogens is 248 g/mol. The normalized spacial score (nSPS) is 10.4. The van der Waals surface area contributed by atoms with Crippen LogP contribution in [0.15, 0.2) is 23.6 Å². The van der Waals surface area contributed by atoms with Crippen molar-refractivity contribution in [3.8, 4) is 22.1 Å². The highest BCUT2D eigenvalue weighted by Gasteiger charge is 2.09. The summed E-state index contributed by atoms with van der Waals surface area (Å²) in [5, 5.41) is 2.91. The number of nitrogens with two attached hydrogens (primary N) is 1. The van der Waals surface area contributed by atoms with Crippen LogP contribution in [-0.2, 0) is 6.54 Å². The van der Waals surface area contributed by atoms with E-state index in [-0.39, 0.29) is 0 Å². The Balaban J connectivity index is 2.34. The van der Waals surface area contributed by atoms with Gasteiger partial charge in [0.2, 0.25) is 0 Å². The molecule has 1 aromatic heterocycles. The first-order chi connectivity index (χ1) is 8.78. The molecule has 0 bridgehead atoms. The number of thiazole rings is 1. The summed E-state index contributed by atoms with van der Waals surface area (Å²) in [4.78, 5) is 4.45. The third-order valence-electron chi connectivity index (χ3n) is 2.47. The number of hydrogen-bond acceptors (Lipinski definition) is 5. The maximum absolute atomic E-state index is 5.56. The van der Waals surface area contributed by atoms with Crippen molar-refractivity contribution >= 4 is 11.3 Å². The Labute approximate surface area is 110 Å². The Morgan fingerprint density at radius 2 is 2.17 bits per heavy atom. The Kier molecular flexibility index (Phi) is 4.17. The molecule has 2 aromatic rings. The standard InChI is InChI=1S/C13H16N2O2S/c1-3-17-11-5-4-9(6-12(11)16-2)13-15-10(7-14)8-18-13/h4-6,8H,3,7,14H2,1-2H3. The van der Waals surface area contributed by atoms with E-state index >= 15 is 0 Å². The molecule has 5 heteroatoms. The number of methoxy groups -OCH3 is 1. The molecule has 0 aliphatic rings. The lowest BCUT2D eigenvalue weighted by Gasteiger charge is -2.09. The molecule has 2 rings (SSSR count). The topological polar surface area (TPSA) is 57.4 Å². The fraction of sp³-hybridized carbons (Fsp3) is 0.308. The lowest BCUT2D eigenvalue weighted by molar-refractivity contribution is 0.311. The minimum absolute atomic E-state index is 0.463. The number of aromatic nitrogens is 1. The molecule has 4 nitrogen and oxygen atoms in total. The predicted octanol–water partition coefficient (Wildman–Crippen LogP) is 2.68. The fourth-order valence-corrected chi connectivity index (χ4v) is 2.44. The third kappa shape index (κ3) is 2.63. The molecule has 0 saturated heterocycles. The van der Waals surface area contributed by atoms with Crippen molar-refractivity contribution in [3.63, 3.8) is 0 Å². The molecule has 0 saturated carbocycles. The molecule has 1 heterocycles. The van der Waals surface area contributed by atoms with Gasteiger partial charge in [0.05, 0.1) is 19.4 Å². The third-order valence-corrected chi connectivity index (χ3v) is 3.41. The highest BCUT2D eigenvalue weighted by Crippen LogP contribution is 2.33. The van der Waals surface area contributed by atoms with Gasteiger partial charge in [0.15, 0.2) is 11.5 Å². The molecule has 0 aliphatic carbocycles. The summed E-state index contributed by atoms with van der Waals surface area (Å²) in [6.45, 7) is 3.02. The summed E-state index contributed by atoms with van der Waals surface area (Å²) in [6.07, 6.45) is 0. The van der Waals surface area contributed by atoms with Crippen molar-refractivity contribution in [3.05, 3.63) is 29.3 Å². The van der Waals surface area contributed by atoms with Crippen LogP contribution in [-0.4, -0.2) is 18.7 Å². The summed E-state index contributed by atoms with van der Waals surface area (Å²) in [7, 11) is 1.63. The van der Waals surface area contributed by atoms with Gasteiger partial charge in [-0.15, -0.1) is 11.3 Å². The SMILES string of the molecule is CCOc1ccc(-c2nc(CN)cs2)cc1OC. The van der Waals surface area contributed by atoms with Crippen LogP contribution in [0, 0.1) is 0 Å². The van der Waals surface area contributed by atoms with E-state index in [0.717, 1.165) is 27.8 Å². The molecule has 0 spiro atoms. The van der Waals surface area contributed by atoms with E-state index in [1.54, 1.807) is 18.4 Å². The van der Waals surface area contributed by atoms with Gasteiger partial charge in [0.25, 0.3) is 0 Å². The molecule has 0 fully saturated rings. The zero-order chi connectivity index (χ0) is 13.0. The van der Waals surface area contributed by atoms with Gasteiger partial charge >= 0.3 is 0 Å². The minimum Gasteiger partial charge on any atom is -0.493 e. The van der Waals surface area contributed by atoms with E-state index in [1.807, 2.05) is 30.5 Å². The molecule has 18 heavy (non-hydrogen) atoms. The van der Waals surface area contributed by atoms with E-state index in [0.29, 0.717) is 13.2 Å². The largest absolute Gasteiger partial charge is 0.493 e. The Bertz CT molecular complexity index is 525. The van der Waals surface area contributed by atoms with Gasteiger partial charge in [-0.1, -0.05) is 0 Å². The quantitative estimate of drug-likeness (QED) is 0.902. The number of ether oxygens (including phenoxy) is 2. The summed E-state index contributed by atoms with van der Waals surface area (Å²) in [5.74, 6) is 1.47. The van der Waals surface area contributed by atoms with Crippen molar-refractivity contribution in [2.75, 3.05) is 13.7 Å². The molecule has 96 valence electrons. The van der Waals surface area contributed by atoms with Crippen molar-refractivity contribution in [2.45, 2.75) is 13.5 Å². The van der Waals surface area contributed by atoms with E-state index < -0.39 is 0 Å². The molecule has 0 amide bonds. The van der Waals surface area contributed by atoms with Crippen LogP contribution in [0.25, 0.3) is 10.6 Å². The maximum Gasteiger partial charge on any atom is 0.161 e. The summed E-state index contributed by atoms with van der Waals surface area (Å²) >= 11 is 1.58. The molecule has 0 atom stereocenters. The zero-order valence-corrected chi connectivity index (χ0v) is 11.3. The van der Waals surface area contributed by atoms with Gasteiger partial charge in [-0.3, -0.25) is 0 Å². The Hall–Kier alpha value is -1.59. The highest BCUT2D eigenvalue weighted by atomic mass is 32.1. The second-order valence-electron chi connectivity index (χ2n) is 3.65. The highest BCUT2D eigenvalue weighted by molar-refractivity contribution is 7.13. The van der Waals surface area contributed by atoms with Gasteiger partial charge in [-0.05, 0) is 25.1 Å². The second-order valence-corrected chi connectivity index (χ2v) is 4.50. The lowest BCUT2D eigenvalue weighted by Crippen LogP contribution is -1.96. The summed E-state index contributed by atoms with van der Waals surface area (Å²) in [6, 6.07) is 5.82. The fourth-order valence-electron chi connectivity index (χ4n) is 1.61. The lowest BCUT2D eigenvalue weighted by atomic mass is 10.2. The van der Waals surface area contributed by atoms with E-state index in [1.165, 1.54) is 0 Å². The van der Waals surface area contributed by atoms with Crippen LogP contribution in [0.5, 0.6) is 11.5 Å². The van der Waals surface area contributed by atoms with Crippen LogP contribution in [0.2, 0.25) is 0 Å². The molecule has 0 aliphatic heterocycles. The van der Waals surface area contributed by atoms with Crippen molar-refractivity contribution in [2.24, 2.45) is 5.73 Å². The number of benzene rings is 1. The van der Waals surface area contributed by atoms with Crippen LogP contribution in [0.3, 0.4) is 0 Å². The molecule has 0 unspecified atom stereocenters. The summed E-state index contributed by atoms with van der Waals surface area (Å²) in [5.41, 5.74) is 7.48. The first kappa shape index (κ1) is 12.9. The number of hydrogen-bond donors (Lipinski definition) is 1. The van der Waals surface area contributed by atoms with E-state index in [2.05, 4.69) is 4.98 Å². The first-order valence-electron chi connectivity index (χ1n) is 5.74. The number of nitrogens with zero attached hydrogens (tertiary/aromatic N) is 1. The van der Waals surface area contributed by atoms with Crippen LogP contribution in [0.1, 0.15) is 12.6 Å². The first-order valence-corrected chi connectivity index (χ1v) is 6.62. The molecule has 1 aromatic carbocycles. The number of rotatable bonds is 5.